The fourth-order valence-corrected chi connectivity index (χ4v) is 12.4. The number of carbonyl (C=O) groups excluding carboxylic acids is 2. The molecule has 7 aromatic rings. The number of aromatic nitrogens is 2. The smallest absolute Gasteiger partial charge is 0.338 e. The molecule has 4 atom stereocenters. The van der Waals surface area contributed by atoms with Crippen LogP contribution in [0.5, 0.6) is 23.0 Å². The van der Waals surface area contributed by atoms with E-state index < -0.39 is 48.1 Å². The zero-order chi connectivity index (χ0) is 62.6. The summed E-state index contributed by atoms with van der Waals surface area (Å²) in [6, 6.07) is 27.9. The van der Waals surface area contributed by atoms with Gasteiger partial charge in [-0.15, -0.1) is 0 Å². The molecule has 88 heavy (non-hydrogen) atoms. The Balaban J connectivity index is 0.000000224. The van der Waals surface area contributed by atoms with Crippen LogP contribution >= 0.6 is 46.4 Å². The first kappa shape index (κ1) is 65.0. The first-order valence-corrected chi connectivity index (χ1v) is 29.8. The van der Waals surface area contributed by atoms with Gasteiger partial charge in [0.05, 0.1) is 52.8 Å². The fourth-order valence-electron chi connectivity index (χ4n) is 11.2. The molecule has 0 radical (unpaired) electrons. The van der Waals surface area contributed by atoms with Crippen LogP contribution in [0.1, 0.15) is 96.1 Å². The van der Waals surface area contributed by atoms with Crippen molar-refractivity contribution in [1.82, 2.24) is 10.2 Å². The Labute approximate surface area is 528 Å². The second kappa shape index (κ2) is 30.2. The van der Waals surface area contributed by atoms with Crippen LogP contribution in [-0.4, -0.2) is 108 Å². The maximum atomic E-state index is 14.9. The molecule has 464 valence electrons. The van der Waals surface area contributed by atoms with Crippen molar-refractivity contribution in [1.29, 1.82) is 0 Å². The van der Waals surface area contributed by atoms with E-state index in [1.54, 1.807) is 84.9 Å². The molecule has 0 spiro atoms. The number of esters is 2. The van der Waals surface area contributed by atoms with E-state index in [9.17, 15) is 34.3 Å². The van der Waals surface area contributed by atoms with E-state index in [4.69, 9.17) is 84.3 Å². The molecular formula is C65H65Cl4FN4O14. The van der Waals surface area contributed by atoms with Gasteiger partial charge in [-0.2, -0.15) is 9.46 Å². The summed E-state index contributed by atoms with van der Waals surface area (Å²) in [5.74, 6) is -0.855. The van der Waals surface area contributed by atoms with E-state index >= 15 is 0 Å². The molecule has 2 N–H and O–H groups in total. The number of hydrogen-bond donors (Lipinski definition) is 2. The molecule has 0 saturated carbocycles. The Kier molecular flexibility index (Phi) is 22.3. The highest BCUT2D eigenvalue weighted by molar-refractivity contribution is 6.36. The lowest BCUT2D eigenvalue weighted by Crippen LogP contribution is -2.52. The highest BCUT2D eigenvalue weighted by Gasteiger charge is 2.38. The summed E-state index contributed by atoms with van der Waals surface area (Å²) >= 11 is 25.6. The van der Waals surface area contributed by atoms with E-state index in [2.05, 4.69) is 10.2 Å². The summed E-state index contributed by atoms with van der Waals surface area (Å²) < 4.78 is 60.8. The molecule has 4 aliphatic rings. The summed E-state index contributed by atoms with van der Waals surface area (Å²) in [5.41, 5.74) is 5.27. The summed E-state index contributed by atoms with van der Waals surface area (Å²) in [7, 11) is 6.09. The van der Waals surface area contributed by atoms with Crippen LogP contribution in [0.15, 0.2) is 128 Å². The number of carboxylic acids is 1. The molecule has 18 nitrogen and oxygen atoms in total. The number of piperidine rings is 3. The number of carboxylic acid groups (broad SMARTS) is 1. The Hall–Kier alpha value is -7.46. The summed E-state index contributed by atoms with van der Waals surface area (Å²) in [6.07, 6.45) is 6.62. The van der Waals surface area contributed by atoms with Crippen LogP contribution in [0, 0.1) is 22.1 Å². The van der Waals surface area contributed by atoms with E-state index in [-0.39, 0.29) is 50.2 Å². The van der Waals surface area contributed by atoms with Crippen molar-refractivity contribution in [3.8, 4) is 23.0 Å². The fraction of sp³-hybridized carbons (Fsp3) is 0.338. The molecule has 23 heteroatoms. The summed E-state index contributed by atoms with van der Waals surface area (Å²) in [4.78, 5) is 41.6. The number of nitrogens with one attached hydrogen (secondary N) is 1. The van der Waals surface area contributed by atoms with Crippen LogP contribution < -0.4 is 33.7 Å². The number of halogens is 5. The van der Waals surface area contributed by atoms with Crippen molar-refractivity contribution in [2.24, 2.45) is 5.92 Å². The van der Waals surface area contributed by atoms with Crippen LogP contribution in [0.2, 0.25) is 20.1 Å². The number of aromatic carboxylic acids is 1. The highest BCUT2D eigenvalue weighted by atomic mass is 35.5. The van der Waals surface area contributed by atoms with E-state index in [0.29, 0.717) is 105 Å². The van der Waals surface area contributed by atoms with E-state index in [0.717, 1.165) is 42.6 Å². The van der Waals surface area contributed by atoms with E-state index in [1.807, 2.05) is 12.1 Å². The lowest BCUT2D eigenvalue weighted by Gasteiger charge is -2.44. The van der Waals surface area contributed by atoms with Gasteiger partial charge in [-0.1, -0.05) is 101 Å². The summed E-state index contributed by atoms with van der Waals surface area (Å²) in [6.45, 7) is 4.13. The average Bonchev–Trinajstić information content (AvgIpc) is 3.55. The minimum Gasteiger partial charge on any atom is -0.619 e. The molecule has 4 saturated heterocycles. The maximum absolute atomic E-state index is 14.9. The largest absolute Gasteiger partial charge is 0.619 e. The molecule has 0 aliphatic carbocycles. The first-order valence-electron chi connectivity index (χ1n) is 28.3. The molecule has 11 rings (SSSR count). The SMILES string of the molecule is COc1ccc([C@H](Cc2c(Cl)c[n+]([O-])cc2Cl)OC(=O)c2ccc(CCNC(C(=O)O[C@H]3CN4CCC3CC4)c3ccccc3F)cc2)cc1OC.COc1ccc([C@H](Cc2c(Cl)c[n+]([O-])cc2Cl)c2cc(CC3OCCO3)ccc2C(=O)O)cc1OC. The van der Waals surface area contributed by atoms with Gasteiger partial charge in [0.1, 0.15) is 44.2 Å². The number of carbonyl (C=O) groups is 3. The summed E-state index contributed by atoms with van der Waals surface area (Å²) in [5, 5.41) is 37.6. The minimum absolute atomic E-state index is 0.0781. The van der Waals surface area contributed by atoms with Gasteiger partial charge in [-0.3, -0.25) is 4.90 Å². The lowest BCUT2D eigenvalue weighted by molar-refractivity contribution is -0.605. The Bertz CT molecular complexity index is 3560. The van der Waals surface area contributed by atoms with Crippen molar-refractivity contribution in [2.75, 3.05) is 67.8 Å². The van der Waals surface area contributed by atoms with Gasteiger partial charge in [0, 0.05) is 48.5 Å². The monoisotopic (exact) mass is 1280 g/mol. The average molecular weight is 1290 g/mol. The number of methoxy groups -OCH3 is 4. The van der Waals surface area contributed by atoms with Gasteiger partial charge < -0.3 is 58.7 Å². The minimum atomic E-state index is -1.07. The molecule has 5 aromatic carbocycles. The number of ether oxygens (including phenoxy) is 8. The third-order valence-corrected chi connectivity index (χ3v) is 17.1. The van der Waals surface area contributed by atoms with Crippen LogP contribution in [0.3, 0.4) is 0 Å². The normalized spacial score (nSPS) is 17.2. The molecule has 4 fully saturated rings. The highest BCUT2D eigenvalue weighted by Crippen LogP contribution is 2.41. The second-order valence-corrected chi connectivity index (χ2v) is 22.9. The van der Waals surface area contributed by atoms with Gasteiger partial charge >= 0.3 is 17.9 Å². The predicted molar refractivity (Wildman–Crippen MR) is 326 cm³/mol. The standard InChI is InChI=1S/C39H40Cl2FN3O7.C26H25Cl2NO7/c1-49-33-12-11-27(19-35(33)50-2)34(20-29-30(40)21-45(48)22-31(29)41)51-38(46)26-9-7-24(8-10-26)13-16-43-37(28-5-3-4-6-32(28)42)39(47)52-36-23-44-17-14-25(36)15-18-44;1-33-23-6-4-16(11-24(23)34-2)18(12-20-21(27)13-29(32)14-22(20)28)19-9-15(3-5-17(19)26(30)31)10-25-35-7-8-36-25/h3-12,19,21-22,25,34,36-37,43H,13-18,20,23H2,1-2H3;3-6,9,11,13-14,18,25H,7-8,10,12H2,1-2H3,(H,30,31)/t34-,36-,37?;18-/m00/s1. The Morgan fingerprint density at radius 3 is 1.81 bits per heavy atom. The second-order valence-electron chi connectivity index (χ2n) is 21.2. The van der Waals surface area contributed by atoms with E-state index in [1.165, 1.54) is 59.3 Å². The van der Waals surface area contributed by atoms with Gasteiger partial charge in [0.2, 0.25) is 0 Å². The molecule has 4 aliphatic heterocycles. The van der Waals surface area contributed by atoms with Crippen molar-refractivity contribution in [3.05, 3.63) is 220 Å². The van der Waals surface area contributed by atoms with Crippen LogP contribution in [0.25, 0.3) is 0 Å². The maximum Gasteiger partial charge on any atom is 0.338 e. The third kappa shape index (κ3) is 16.0. The van der Waals surface area contributed by atoms with Gasteiger partial charge in [-0.25, -0.2) is 18.8 Å². The van der Waals surface area contributed by atoms with Crippen molar-refractivity contribution in [3.63, 3.8) is 0 Å². The molecule has 0 amide bonds. The number of hydrogen-bond acceptors (Lipinski definition) is 15. The van der Waals surface area contributed by atoms with Crippen molar-refractivity contribution < 1.29 is 71.2 Å². The lowest BCUT2D eigenvalue weighted by atomic mass is 9.82. The Morgan fingerprint density at radius 1 is 0.693 bits per heavy atom. The first-order chi connectivity index (χ1) is 42.4. The number of fused-ring (bicyclic) bond motifs is 3. The molecule has 1 unspecified atom stereocenters. The van der Waals surface area contributed by atoms with Crippen LogP contribution in [-0.2, 0) is 49.4 Å². The molecule has 2 bridgehead atoms. The third-order valence-electron chi connectivity index (χ3n) is 15.8. The molecule has 6 heterocycles. The molecular weight excluding hydrogens is 1220 g/mol. The topological polar surface area (TPSA) is 214 Å². The quantitative estimate of drug-likeness (QED) is 0.0346. The van der Waals surface area contributed by atoms with Gasteiger partial charge in [-0.05, 0) is 121 Å². The van der Waals surface area contributed by atoms with Gasteiger partial charge in [0.15, 0.2) is 54.1 Å². The zero-order valence-corrected chi connectivity index (χ0v) is 51.6. The zero-order valence-electron chi connectivity index (χ0n) is 48.6. The van der Waals surface area contributed by atoms with Crippen molar-refractivity contribution in [2.45, 2.75) is 69.0 Å². The molecule has 2 aromatic heterocycles. The van der Waals surface area contributed by atoms with Crippen LogP contribution in [0.4, 0.5) is 4.39 Å². The number of benzene rings is 5. The number of pyridine rings is 2. The predicted octanol–water partition coefficient (Wildman–Crippen LogP) is 11.1. The van der Waals surface area contributed by atoms with Gasteiger partial charge in [0.25, 0.3) is 0 Å². The number of rotatable bonds is 23. The van der Waals surface area contributed by atoms with Crippen molar-refractivity contribution >= 4 is 64.3 Å². The Morgan fingerprint density at radius 2 is 1.25 bits per heavy atom. The number of nitrogens with zero attached hydrogens (tertiary/aromatic N) is 3.